The van der Waals surface area contributed by atoms with Crippen molar-refractivity contribution in [3.05, 3.63) is 81.4 Å². The van der Waals surface area contributed by atoms with Crippen molar-refractivity contribution in [2.75, 3.05) is 5.32 Å². The Bertz CT molecular complexity index is 1300. The third-order valence-electron chi connectivity index (χ3n) is 5.44. The third kappa shape index (κ3) is 2.84. The molecule has 29 heavy (non-hydrogen) atoms. The van der Waals surface area contributed by atoms with Gasteiger partial charge in [-0.25, -0.2) is 9.67 Å². The molecule has 0 aliphatic carbocycles. The summed E-state index contributed by atoms with van der Waals surface area (Å²) in [5.74, 6) is 1.82. The Morgan fingerprint density at radius 2 is 1.83 bits per heavy atom. The maximum Gasteiger partial charge on any atom is 0.141 e. The number of aryl methyl sites for hydroxylation is 2. The second-order valence-corrected chi connectivity index (χ2v) is 8.20. The molecular weight excluding hydrogens is 405 g/mol. The molecule has 1 atom stereocenters. The van der Waals surface area contributed by atoms with Crippen LogP contribution in [0.25, 0.3) is 16.6 Å². The van der Waals surface area contributed by atoms with E-state index in [9.17, 15) is 0 Å². The van der Waals surface area contributed by atoms with E-state index in [4.69, 9.17) is 28.2 Å². The zero-order valence-corrected chi connectivity index (χ0v) is 17.8. The molecule has 0 fully saturated rings. The standard InChI is InChI=1S/C22H19Cl2N5/c1-12-4-7-17-18(10-12)28(3)22(27-17)20-13(2)26-19-8-9-25-29(19)21(20)14-5-6-15(23)16(24)11-14/h4-11,21,26H,1-3H3. The molecule has 0 spiro atoms. The summed E-state index contributed by atoms with van der Waals surface area (Å²) in [7, 11) is 2.05. The topological polar surface area (TPSA) is 47.7 Å². The van der Waals surface area contributed by atoms with Crippen LogP contribution in [-0.4, -0.2) is 19.3 Å². The van der Waals surface area contributed by atoms with Gasteiger partial charge in [-0.15, -0.1) is 0 Å². The Balaban J connectivity index is 1.77. The van der Waals surface area contributed by atoms with E-state index >= 15 is 0 Å². The Morgan fingerprint density at radius 3 is 2.62 bits per heavy atom. The molecule has 1 N–H and O–H groups in total. The normalized spacial score (nSPS) is 16.2. The van der Waals surface area contributed by atoms with Crippen molar-refractivity contribution in [2.24, 2.45) is 7.05 Å². The second-order valence-electron chi connectivity index (χ2n) is 7.39. The maximum absolute atomic E-state index is 6.36. The summed E-state index contributed by atoms with van der Waals surface area (Å²) in [6.45, 7) is 4.16. The number of nitrogens with one attached hydrogen (secondary N) is 1. The van der Waals surface area contributed by atoms with Crippen LogP contribution >= 0.6 is 23.2 Å². The molecule has 4 aromatic rings. The van der Waals surface area contributed by atoms with Gasteiger partial charge in [-0.3, -0.25) is 0 Å². The predicted octanol–water partition coefficient (Wildman–Crippen LogP) is 5.83. The molecule has 0 radical (unpaired) electrons. The van der Waals surface area contributed by atoms with Gasteiger partial charge in [-0.05, 0) is 49.2 Å². The third-order valence-corrected chi connectivity index (χ3v) is 6.18. The molecular formula is C22H19Cl2N5. The lowest BCUT2D eigenvalue weighted by Gasteiger charge is -2.30. The number of rotatable bonds is 2. The Labute approximate surface area is 178 Å². The van der Waals surface area contributed by atoms with Crippen LogP contribution in [0.1, 0.15) is 29.9 Å². The van der Waals surface area contributed by atoms with Crippen LogP contribution in [0.15, 0.2) is 54.4 Å². The first kappa shape index (κ1) is 18.3. The molecule has 3 heterocycles. The molecule has 2 aromatic heterocycles. The highest BCUT2D eigenvalue weighted by Crippen LogP contribution is 2.42. The Morgan fingerprint density at radius 1 is 1.00 bits per heavy atom. The Hall–Kier alpha value is -2.76. The van der Waals surface area contributed by atoms with Crippen molar-refractivity contribution >= 4 is 45.6 Å². The van der Waals surface area contributed by atoms with Crippen LogP contribution in [0.2, 0.25) is 10.0 Å². The fourth-order valence-corrected chi connectivity index (χ4v) is 4.33. The van der Waals surface area contributed by atoms with Crippen molar-refractivity contribution in [2.45, 2.75) is 19.9 Å². The molecule has 146 valence electrons. The highest BCUT2D eigenvalue weighted by atomic mass is 35.5. The van der Waals surface area contributed by atoms with E-state index in [2.05, 4.69) is 54.1 Å². The molecule has 1 unspecified atom stereocenters. The highest BCUT2D eigenvalue weighted by molar-refractivity contribution is 6.42. The summed E-state index contributed by atoms with van der Waals surface area (Å²) in [5.41, 5.74) is 6.35. The number of benzene rings is 2. The molecule has 1 aliphatic heterocycles. The number of aromatic nitrogens is 4. The van der Waals surface area contributed by atoms with Gasteiger partial charge in [-0.2, -0.15) is 5.10 Å². The van der Waals surface area contributed by atoms with Crippen LogP contribution < -0.4 is 5.32 Å². The summed E-state index contributed by atoms with van der Waals surface area (Å²) < 4.78 is 4.11. The predicted molar refractivity (Wildman–Crippen MR) is 118 cm³/mol. The van der Waals surface area contributed by atoms with Crippen LogP contribution in [0.5, 0.6) is 0 Å². The molecule has 5 rings (SSSR count). The first-order chi connectivity index (χ1) is 13.9. The number of nitrogens with zero attached hydrogens (tertiary/aromatic N) is 4. The van der Waals surface area contributed by atoms with E-state index in [1.807, 2.05) is 28.9 Å². The molecule has 7 heteroatoms. The Kier molecular flexibility index (Phi) is 4.19. The minimum Gasteiger partial charge on any atom is -0.344 e. The van der Waals surface area contributed by atoms with Crippen molar-refractivity contribution < 1.29 is 0 Å². The van der Waals surface area contributed by atoms with E-state index in [0.717, 1.165) is 39.5 Å². The van der Waals surface area contributed by atoms with Gasteiger partial charge in [0, 0.05) is 24.4 Å². The summed E-state index contributed by atoms with van der Waals surface area (Å²) in [4.78, 5) is 4.97. The fraction of sp³-hybridized carbons (Fsp3) is 0.182. The number of allylic oxidation sites excluding steroid dienone is 2. The highest BCUT2D eigenvalue weighted by Gasteiger charge is 2.32. The van der Waals surface area contributed by atoms with E-state index < -0.39 is 0 Å². The lowest BCUT2D eigenvalue weighted by Crippen LogP contribution is -2.25. The lowest BCUT2D eigenvalue weighted by atomic mass is 9.95. The fourth-order valence-electron chi connectivity index (χ4n) is 4.03. The quantitative estimate of drug-likeness (QED) is 0.440. The van der Waals surface area contributed by atoms with Gasteiger partial charge in [0.2, 0.25) is 0 Å². The van der Waals surface area contributed by atoms with E-state index in [1.54, 1.807) is 6.20 Å². The van der Waals surface area contributed by atoms with Gasteiger partial charge >= 0.3 is 0 Å². The average Bonchev–Trinajstić information content (AvgIpc) is 3.27. The van der Waals surface area contributed by atoms with Crippen molar-refractivity contribution in [3.8, 4) is 0 Å². The van der Waals surface area contributed by atoms with E-state index in [0.29, 0.717) is 10.0 Å². The first-order valence-electron chi connectivity index (χ1n) is 9.34. The largest absolute Gasteiger partial charge is 0.344 e. The number of imidazole rings is 1. The van der Waals surface area contributed by atoms with E-state index in [-0.39, 0.29) is 6.04 Å². The number of anilines is 1. The summed E-state index contributed by atoms with van der Waals surface area (Å²) in [5, 5.41) is 9.10. The summed E-state index contributed by atoms with van der Waals surface area (Å²) in [6, 6.07) is 13.8. The molecule has 5 nitrogen and oxygen atoms in total. The number of hydrogen-bond donors (Lipinski definition) is 1. The maximum atomic E-state index is 6.36. The minimum absolute atomic E-state index is 0.173. The van der Waals surface area contributed by atoms with Gasteiger partial charge in [0.25, 0.3) is 0 Å². The van der Waals surface area contributed by atoms with Gasteiger partial charge < -0.3 is 9.88 Å². The zero-order chi connectivity index (χ0) is 20.3. The monoisotopic (exact) mass is 423 g/mol. The van der Waals surface area contributed by atoms with Crippen LogP contribution in [0.4, 0.5) is 5.82 Å². The number of halogens is 2. The van der Waals surface area contributed by atoms with E-state index in [1.165, 1.54) is 5.56 Å². The van der Waals surface area contributed by atoms with Gasteiger partial charge in [-0.1, -0.05) is 35.3 Å². The van der Waals surface area contributed by atoms with Crippen molar-refractivity contribution in [1.29, 1.82) is 0 Å². The van der Waals surface area contributed by atoms with Gasteiger partial charge in [0.15, 0.2) is 0 Å². The molecule has 0 bridgehead atoms. The van der Waals surface area contributed by atoms with Crippen LogP contribution in [0.3, 0.4) is 0 Å². The SMILES string of the molecule is CC1=C(c2nc3ccc(C)cc3n2C)C(c2ccc(Cl)c(Cl)c2)n2nccc2N1. The van der Waals surface area contributed by atoms with Crippen LogP contribution in [0, 0.1) is 6.92 Å². The van der Waals surface area contributed by atoms with Gasteiger partial charge in [0.1, 0.15) is 17.7 Å². The molecule has 0 saturated carbocycles. The van der Waals surface area contributed by atoms with Crippen LogP contribution in [-0.2, 0) is 7.05 Å². The van der Waals surface area contributed by atoms with Gasteiger partial charge in [0.05, 0.1) is 27.3 Å². The average molecular weight is 424 g/mol. The minimum atomic E-state index is -0.173. The summed E-state index contributed by atoms with van der Waals surface area (Å²) >= 11 is 12.5. The lowest BCUT2D eigenvalue weighted by molar-refractivity contribution is 0.613. The van der Waals surface area contributed by atoms with Crippen molar-refractivity contribution in [1.82, 2.24) is 19.3 Å². The molecule has 1 aliphatic rings. The molecule has 2 aromatic carbocycles. The second kappa shape index (κ2) is 6.65. The first-order valence-corrected chi connectivity index (χ1v) is 10.1. The number of fused-ring (bicyclic) bond motifs is 2. The smallest absolute Gasteiger partial charge is 0.141 e. The summed E-state index contributed by atoms with van der Waals surface area (Å²) in [6.07, 6.45) is 1.79. The van der Waals surface area contributed by atoms with Crippen molar-refractivity contribution in [3.63, 3.8) is 0 Å². The zero-order valence-electron chi connectivity index (χ0n) is 16.2. The molecule has 0 amide bonds. The number of hydrogen-bond acceptors (Lipinski definition) is 3. The molecule has 0 saturated heterocycles.